The second-order valence-corrected chi connectivity index (χ2v) is 9.48. The molecule has 8 nitrogen and oxygen atoms in total. The summed E-state index contributed by atoms with van der Waals surface area (Å²) in [6.45, 7) is 6.97. The molecule has 1 saturated heterocycles. The summed E-state index contributed by atoms with van der Waals surface area (Å²) >= 11 is 0. The lowest BCUT2D eigenvalue weighted by molar-refractivity contribution is -0.112. The van der Waals surface area contributed by atoms with Crippen LogP contribution in [0.4, 0.5) is 11.5 Å². The average Bonchev–Trinajstić information content (AvgIpc) is 3.22. The summed E-state index contributed by atoms with van der Waals surface area (Å²) in [5, 5.41) is 3.60. The summed E-state index contributed by atoms with van der Waals surface area (Å²) in [4.78, 5) is 35.7. The van der Waals surface area contributed by atoms with Crippen LogP contribution in [0, 0.1) is 0 Å². The van der Waals surface area contributed by atoms with Crippen molar-refractivity contribution in [3.8, 4) is 22.4 Å². The molecule has 0 spiro atoms. The molecule has 0 saturated carbocycles. The summed E-state index contributed by atoms with van der Waals surface area (Å²) in [6.07, 6.45) is 4.75. The maximum Gasteiger partial charge on any atom is 0.253 e. The third-order valence-corrected chi connectivity index (χ3v) is 6.86. The summed E-state index contributed by atoms with van der Waals surface area (Å²) < 4.78 is 2.00. The fourth-order valence-electron chi connectivity index (χ4n) is 4.90. The van der Waals surface area contributed by atoms with Crippen LogP contribution in [0.25, 0.3) is 33.4 Å². The lowest BCUT2D eigenvalue weighted by Crippen LogP contribution is -2.35. The molecule has 8 heteroatoms. The number of fused-ring (bicyclic) bond motifs is 1. The van der Waals surface area contributed by atoms with Gasteiger partial charge in [0, 0.05) is 42.5 Å². The number of piperidine rings is 1. The van der Waals surface area contributed by atoms with Gasteiger partial charge in [0.25, 0.3) is 11.8 Å². The van der Waals surface area contributed by atoms with Gasteiger partial charge >= 0.3 is 0 Å². The van der Waals surface area contributed by atoms with Crippen molar-refractivity contribution in [3.05, 3.63) is 72.6 Å². The molecule has 2 aromatic carbocycles. The second-order valence-electron chi connectivity index (χ2n) is 9.48. The Hall–Kier alpha value is -4.46. The third kappa shape index (κ3) is 4.58. The Morgan fingerprint density at radius 1 is 0.946 bits per heavy atom. The first-order chi connectivity index (χ1) is 17.8. The maximum atomic E-state index is 13.0. The van der Waals surface area contributed by atoms with Gasteiger partial charge in [0.1, 0.15) is 17.8 Å². The highest BCUT2D eigenvalue weighted by molar-refractivity contribution is 6.08. The van der Waals surface area contributed by atoms with Gasteiger partial charge in [-0.25, -0.2) is 9.97 Å². The van der Waals surface area contributed by atoms with Crippen molar-refractivity contribution in [2.45, 2.75) is 26.2 Å². The normalized spacial score (nSPS) is 13.5. The van der Waals surface area contributed by atoms with Crippen molar-refractivity contribution in [2.75, 3.05) is 24.1 Å². The Kier molecular flexibility index (Phi) is 6.48. The first kappa shape index (κ1) is 24.2. The van der Waals surface area contributed by atoms with Gasteiger partial charge < -0.3 is 20.5 Å². The smallest absolute Gasteiger partial charge is 0.253 e. The number of nitrogens with zero attached hydrogens (tertiary/aromatic N) is 4. The molecule has 1 fully saturated rings. The Morgan fingerprint density at radius 3 is 2.24 bits per heavy atom. The summed E-state index contributed by atoms with van der Waals surface area (Å²) in [5.41, 5.74) is 12.5. The monoisotopic (exact) mass is 494 g/mol. The Bertz CT molecular complexity index is 1500. The molecule has 3 N–H and O–H groups in total. The Morgan fingerprint density at radius 2 is 1.59 bits per heavy atom. The fourth-order valence-corrected chi connectivity index (χ4v) is 4.90. The maximum absolute atomic E-state index is 13.0. The quantitative estimate of drug-likeness (QED) is 0.379. The molecule has 1 aliphatic rings. The van der Waals surface area contributed by atoms with Gasteiger partial charge in [-0.05, 0) is 61.6 Å². The highest BCUT2D eigenvalue weighted by atomic mass is 16.2. The van der Waals surface area contributed by atoms with Crippen LogP contribution in [0.3, 0.4) is 0 Å². The van der Waals surface area contributed by atoms with E-state index in [1.165, 1.54) is 12.7 Å². The first-order valence-corrected chi connectivity index (χ1v) is 12.4. The molecule has 0 aliphatic carbocycles. The molecule has 2 aromatic heterocycles. The van der Waals surface area contributed by atoms with Crippen LogP contribution in [-0.4, -0.2) is 44.3 Å². The SMILES string of the molecule is C=C(C)C(=O)Nc1ccc(-c2c(-c3ccc(C(=O)N4CCCCC4)cc3)c3c(N)ncnc3n2C)cc1. The van der Waals surface area contributed by atoms with Crippen molar-refractivity contribution >= 4 is 34.4 Å². The standard InChI is InChI=1S/C29H30N6O2/c1-18(2)28(36)33-22-13-11-20(12-14-22)25-23(24-26(30)31-17-32-27(24)34(25)3)19-7-9-21(10-8-19)29(37)35-15-5-4-6-16-35/h7-14,17H,1,4-6,15-16H2,2-3H3,(H,33,36)(H2,30,31,32). The van der Waals surface area contributed by atoms with E-state index in [0.29, 0.717) is 28.3 Å². The number of likely N-dealkylation sites (tertiary alicyclic amines) is 1. The first-order valence-electron chi connectivity index (χ1n) is 12.4. The Balaban J connectivity index is 1.57. The van der Waals surface area contributed by atoms with E-state index >= 15 is 0 Å². The number of amides is 2. The molecule has 0 radical (unpaired) electrons. The lowest BCUT2D eigenvalue weighted by atomic mass is 9.97. The largest absolute Gasteiger partial charge is 0.383 e. The van der Waals surface area contributed by atoms with Crippen molar-refractivity contribution in [3.63, 3.8) is 0 Å². The predicted octanol–water partition coefficient (Wildman–Crippen LogP) is 5.03. The van der Waals surface area contributed by atoms with Gasteiger partial charge in [-0.1, -0.05) is 30.8 Å². The number of nitrogens with one attached hydrogen (secondary N) is 1. The van der Waals surface area contributed by atoms with Crippen LogP contribution in [0.2, 0.25) is 0 Å². The number of rotatable bonds is 5. The minimum Gasteiger partial charge on any atom is -0.383 e. The highest BCUT2D eigenvalue weighted by Gasteiger charge is 2.23. The number of hydrogen-bond acceptors (Lipinski definition) is 5. The van der Waals surface area contributed by atoms with Gasteiger partial charge in [-0.3, -0.25) is 9.59 Å². The van der Waals surface area contributed by atoms with E-state index in [-0.39, 0.29) is 11.8 Å². The number of carbonyl (C=O) groups is 2. The minimum absolute atomic E-state index is 0.0691. The van der Waals surface area contributed by atoms with Gasteiger partial charge in [0.15, 0.2) is 0 Å². The fraction of sp³-hybridized carbons (Fsp3) is 0.241. The van der Waals surface area contributed by atoms with Gasteiger partial charge in [-0.15, -0.1) is 0 Å². The zero-order valence-electron chi connectivity index (χ0n) is 21.1. The van der Waals surface area contributed by atoms with E-state index in [9.17, 15) is 9.59 Å². The number of carbonyl (C=O) groups excluding carboxylic acids is 2. The summed E-state index contributed by atoms with van der Waals surface area (Å²) in [5.74, 6) is 0.237. The van der Waals surface area contributed by atoms with Crippen LogP contribution >= 0.6 is 0 Å². The van der Waals surface area contributed by atoms with Crippen LogP contribution < -0.4 is 11.1 Å². The number of aromatic nitrogens is 3. The Labute approximate surface area is 215 Å². The molecule has 2 amide bonds. The van der Waals surface area contributed by atoms with Gasteiger partial charge in [0.05, 0.1) is 11.1 Å². The topological polar surface area (TPSA) is 106 Å². The zero-order chi connectivity index (χ0) is 26.1. The summed E-state index contributed by atoms with van der Waals surface area (Å²) in [6, 6.07) is 15.3. The molecule has 3 heterocycles. The van der Waals surface area contributed by atoms with E-state index in [0.717, 1.165) is 53.7 Å². The lowest BCUT2D eigenvalue weighted by Gasteiger charge is -2.26. The molecule has 0 unspecified atom stereocenters. The van der Waals surface area contributed by atoms with Crippen LogP contribution in [0.15, 0.2) is 67.0 Å². The molecule has 37 heavy (non-hydrogen) atoms. The van der Waals surface area contributed by atoms with Crippen LogP contribution in [-0.2, 0) is 11.8 Å². The van der Waals surface area contributed by atoms with E-state index in [4.69, 9.17) is 5.73 Å². The van der Waals surface area contributed by atoms with Crippen molar-refractivity contribution in [1.29, 1.82) is 0 Å². The number of aryl methyl sites for hydroxylation is 1. The molecule has 188 valence electrons. The van der Waals surface area contributed by atoms with E-state index in [2.05, 4.69) is 21.9 Å². The van der Waals surface area contributed by atoms with Crippen LogP contribution in [0.1, 0.15) is 36.5 Å². The van der Waals surface area contributed by atoms with Crippen molar-refractivity contribution < 1.29 is 9.59 Å². The van der Waals surface area contributed by atoms with Gasteiger partial charge in [0.2, 0.25) is 0 Å². The van der Waals surface area contributed by atoms with E-state index in [1.54, 1.807) is 6.92 Å². The molecular weight excluding hydrogens is 464 g/mol. The third-order valence-electron chi connectivity index (χ3n) is 6.86. The number of anilines is 2. The number of nitrogen functional groups attached to an aromatic ring is 1. The number of benzene rings is 2. The summed E-state index contributed by atoms with van der Waals surface area (Å²) in [7, 11) is 1.94. The van der Waals surface area contributed by atoms with E-state index < -0.39 is 0 Å². The molecule has 4 aromatic rings. The zero-order valence-corrected chi connectivity index (χ0v) is 21.1. The predicted molar refractivity (Wildman–Crippen MR) is 147 cm³/mol. The van der Waals surface area contributed by atoms with E-state index in [1.807, 2.05) is 65.0 Å². The highest BCUT2D eigenvalue weighted by Crippen LogP contribution is 2.41. The van der Waals surface area contributed by atoms with Crippen LogP contribution in [0.5, 0.6) is 0 Å². The molecule has 5 rings (SSSR count). The number of nitrogens with two attached hydrogens (primary N) is 1. The molecule has 0 atom stereocenters. The van der Waals surface area contributed by atoms with Crippen molar-refractivity contribution in [2.24, 2.45) is 7.05 Å². The van der Waals surface area contributed by atoms with Gasteiger partial charge in [-0.2, -0.15) is 0 Å². The number of hydrogen-bond donors (Lipinski definition) is 2. The average molecular weight is 495 g/mol. The minimum atomic E-state index is -0.222. The molecule has 1 aliphatic heterocycles. The van der Waals surface area contributed by atoms with Crippen molar-refractivity contribution in [1.82, 2.24) is 19.4 Å². The molecular formula is C29H30N6O2. The molecule has 0 bridgehead atoms. The second kappa shape index (κ2) is 9.89.